The molecule has 9 heteroatoms. The third kappa shape index (κ3) is 5.60. The van der Waals surface area contributed by atoms with Gasteiger partial charge in [0.1, 0.15) is 0 Å². The quantitative estimate of drug-likeness (QED) is 0.656. The van der Waals surface area contributed by atoms with E-state index in [2.05, 4.69) is 20.9 Å². The summed E-state index contributed by atoms with van der Waals surface area (Å²) in [6.07, 6.45) is 8.15. The number of hydrogen-bond acceptors (Lipinski definition) is 5. The van der Waals surface area contributed by atoms with E-state index in [0.717, 1.165) is 51.7 Å². The van der Waals surface area contributed by atoms with Crippen molar-refractivity contribution in [1.82, 2.24) is 25.8 Å². The van der Waals surface area contributed by atoms with Gasteiger partial charge in [0.2, 0.25) is 5.91 Å². The lowest BCUT2D eigenvalue weighted by Crippen LogP contribution is -2.50. The molecule has 0 bridgehead atoms. The molecule has 0 aromatic carbocycles. The summed E-state index contributed by atoms with van der Waals surface area (Å²) in [5.41, 5.74) is 0.975. The molecule has 3 fully saturated rings. The van der Waals surface area contributed by atoms with Gasteiger partial charge in [0.25, 0.3) is 5.91 Å². The lowest BCUT2D eigenvalue weighted by Gasteiger charge is -2.34. The number of halogens is 2. The highest BCUT2D eigenvalue weighted by molar-refractivity contribution is 5.94. The van der Waals surface area contributed by atoms with Gasteiger partial charge in [0, 0.05) is 43.6 Å². The largest absolute Gasteiger partial charge is 0.352 e. The van der Waals surface area contributed by atoms with E-state index in [0.29, 0.717) is 24.1 Å². The summed E-state index contributed by atoms with van der Waals surface area (Å²) in [5, 5.41) is 10.1. The summed E-state index contributed by atoms with van der Waals surface area (Å²) < 4.78 is 0. The lowest BCUT2D eigenvalue weighted by molar-refractivity contribution is -0.124. The molecule has 4 heterocycles. The van der Waals surface area contributed by atoms with Crippen LogP contribution < -0.4 is 16.0 Å². The highest BCUT2D eigenvalue weighted by Gasteiger charge is 2.42. The fraction of sp³-hybridized carbons (Fsp3) is 0.650. The van der Waals surface area contributed by atoms with Gasteiger partial charge in [-0.05, 0) is 62.7 Å². The van der Waals surface area contributed by atoms with Gasteiger partial charge in [-0.25, -0.2) is 0 Å². The van der Waals surface area contributed by atoms with E-state index in [9.17, 15) is 9.59 Å². The Morgan fingerprint density at radius 3 is 2.41 bits per heavy atom. The molecule has 4 rings (SSSR count). The van der Waals surface area contributed by atoms with Gasteiger partial charge >= 0.3 is 0 Å². The van der Waals surface area contributed by atoms with Crippen molar-refractivity contribution in [3.8, 4) is 0 Å². The molecule has 1 aromatic rings. The second-order valence-electron chi connectivity index (χ2n) is 8.20. The number of likely N-dealkylation sites (tertiary alicyclic amines) is 1. The number of aromatic nitrogens is 1. The summed E-state index contributed by atoms with van der Waals surface area (Å²) in [6.45, 7) is 4.42. The van der Waals surface area contributed by atoms with Crippen LogP contribution in [-0.4, -0.2) is 66.5 Å². The van der Waals surface area contributed by atoms with Crippen LogP contribution in [0, 0.1) is 5.41 Å². The molecule has 1 unspecified atom stereocenters. The van der Waals surface area contributed by atoms with Gasteiger partial charge in [-0.15, -0.1) is 24.8 Å². The summed E-state index contributed by atoms with van der Waals surface area (Å²) in [5.74, 6) is 0.178. The predicted octanol–water partition coefficient (Wildman–Crippen LogP) is 1.38. The summed E-state index contributed by atoms with van der Waals surface area (Å²) in [4.78, 5) is 31.0. The molecule has 0 saturated carbocycles. The standard InChI is InChI=1S/C20H29N5O2.2ClH/c26-18(17-13-20(14-23-17)5-9-22-10-6-20)24-16-3-11-25(12-4-16)19(27)15-1-7-21-8-2-15;;/h1-2,7-8,16-17,22-23H,3-6,9-14H2,(H,24,26);2*1H. The van der Waals surface area contributed by atoms with E-state index < -0.39 is 0 Å². The maximum absolute atomic E-state index is 12.7. The van der Waals surface area contributed by atoms with Gasteiger partial charge in [-0.2, -0.15) is 0 Å². The highest BCUT2D eigenvalue weighted by Crippen LogP contribution is 2.37. The van der Waals surface area contributed by atoms with Crippen molar-refractivity contribution in [3.63, 3.8) is 0 Å². The highest BCUT2D eigenvalue weighted by atomic mass is 35.5. The van der Waals surface area contributed by atoms with Gasteiger partial charge in [0.05, 0.1) is 6.04 Å². The van der Waals surface area contributed by atoms with Crippen molar-refractivity contribution in [2.24, 2.45) is 5.41 Å². The number of carbonyl (C=O) groups excluding carboxylic acids is 2. The molecule has 0 radical (unpaired) electrons. The van der Waals surface area contributed by atoms with E-state index in [4.69, 9.17) is 0 Å². The van der Waals surface area contributed by atoms with Gasteiger partial charge in [-0.3, -0.25) is 14.6 Å². The van der Waals surface area contributed by atoms with Crippen molar-refractivity contribution in [1.29, 1.82) is 0 Å². The second-order valence-corrected chi connectivity index (χ2v) is 8.20. The predicted molar refractivity (Wildman–Crippen MR) is 117 cm³/mol. The van der Waals surface area contributed by atoms with Crippen LogP contribution in [-0.2, 0) is 4.79 Å². The van der Waals surface area contributed by atoms with Crippen LogP contribution in [0.5, 0.6) is 0 Å². The van der Waals surface area contributed by atoms with E-state index in [1.807, 2.05) is 4.90 Å². The maximum Gasteiger partial charge on any atom is 0.253 e. The number of amides is 2. The van der Waals surface area contributed by atoms with E-state index >= 15 is 0 Å². The average molecular weight is 444 g/mol. The second kappa shape index (κ2) is 10.6. The minimum Gasteiger partial charge on any atom is -0.352 e. The zero-order chi connectivity index (χ0) is 18.7. The Hall–Kier alpha value is -1.41. The van der Waals surface area contributed by atoms with Crippen LogP contribution in [0.3, 0.4) is 0 Å². The van der Waals surface area contributed by atoms with Crippen molar-refractivity contribution < 1.29 is 9.59 Å². The fourth-order valence-electron chi connectivity index (χ4n) is 4.65. The molecular formula is C20H31Cl2N5O2. The van der Waals surface area contributed by atoms with E-state index in [1.54, 1.807) is 24.5 Å². The van der Waals surface area contributed by atoms with Crippen molar-refractivity contribution in [2.75, 3.05) is 32.7 Å². The zero-order valence-corrected chi connectivity index (χ0v) is 18.2. The Kier molecular flexibility index (Phi) is 8.70. The lowest BCUT2D eigenvalue weighted by atomic mass is 9.77. The molecule has 1 atom stereocenters. The monoisotopic (exact) mass is 443 g/mol. The first kappa shape index (κ1) is 23.9. The van der Waals surface area contributed by atoms with Crippen LogP contribution in [0.2, 0.25) is 0 Å². The van der Waals surface area contributed by atoms with Crippen LogP contribution in [0.1, 0.15) is 42.5 Å². The summed E-state index contributed by atoms with van der Waals surface area (Å²) in [7, 11) is 0. The number of hydrogen-bond donors (Lipinski definition) is 3. The molecule has 0 aliphatic carbocycles. The van der Waals surface area contributed by atoms with Crippen molar-refractivity contribution in [3.05, 3.63) is 30.1 Å². The number of nitrogens with zero attached hydrogens (tertiary/aromatic N) is 2. The Morgan fingerprint density at radius 1 is 1.10 bits per heavy atom. The SMILES string of the molecule is Cl.Cl.O=C(NC1CCN(C(=O)c2ccncc2)CC1)C1CC2(CCNCC2)CN1. The Bertz CT molecular complexity index is 677. The van der Waals surface area contributed by atoms with Crippen LogP contribution >= 0.6 is 24.8 Å². The first-order valence-corrected chi connectivity index (χ1v) is 10.1. The van der Waals surface area contributed by atoms with Gasteiger partial charge in [0.15, 0.2) is 0 Å². The molecule has 1 aromatic heterocycles. The van der Waals surface area contributed by atoms with Crippen LogP contribution in [0.25, 0.3) is 0 Å². The molecule has 162 valence electrons. The Balaban J connectivity index is 0.00000150. The molecule has 2 amide bonds. The molecule has 1 spiro atoms. The van der Waals surface area contributed by atoms with Gasteiger partial charge in [-0.1, -0.05) is 0 Å². The topological polar surface area (TPSA) is 86.4 Å². The molecular weight excluding hydrogens is 413 g/mol. The first-order chi connectivity index (χ1) is 13.2. The minimum absolute atomic E-state index is 0. The molecule has 29 heavy (non-hydrogen) atoms. The Labute approximate surface area is 184 Å². The molecule has 3 N–H and O–H groups in total. The molecule has 7 nitrogen and oxygen atoms in total. The number of pyridine rings is 1. The fourth-order valence-corrected chi connectivity index (χ4v) is 4.65. The Morgan fingerprint density at radius 2 is 1.76 bits per heavy atom. The van der Waals surface area contributed by atoms with Crippen molar-refractivity contribution >= 4 is 36.6 Å². The molecule has 3 aliphatic rings. The third-order valence-corrected chi connectivity index (χ3v) is 6.40. The smallest absolute Gasteiger partial charge is 0.253 e. The van der Waals surface area contributed by atoms with Gasteiger partial charge < -0.3 is 20.9 Å². The molecule has 3 aliphatic heterocycles. The minimum atomic E-state index is -0.0698. The summed E-state index contributed by atoms with van der Waals surface area (Å²) >= 11 is 0. The number of carbonyl (C=O) groups is 2. The van der Waals surface area contributed by atoms with Crippen molar-refractivity contribution in [2.45, 2.75) is 44.2 Å². The average Bonchev–Trinajstić information content (AvgIpc) is 3.12. The van der Waals surface area contributed by atoms with E-state index in [1.165, 1.54) is 0 Å². The first-order valence-electron chi connectivity index (χ1n) is 10.1. The van der Waals surface area contributed by atoms with E-state index in [-0.39, 0.29) is 48.7 Å². The third-order valence-electron chi connectivity index (χ3n) is 6.40. The molecule has 3 saturated heterocycles. The number of nitrogens with one attached hydrogen (secondary N) is 3. The maximum atomic E-state index is 12.7. The normalized spacial score (nSPS) is 23.7. The number of rotatable bonds is 3. The van der Waals surface area contributed by atoms with Crippen LogP contribution in [0.4, 0.5) is 0 Å². The zero-order valence-electron chi connectivity index (χ0n) is 16.6. The summed E-state index contributed by atoms with van der Waals surface area (Å²) in [6, 6.07) is 3.59. The van der Waals surface area contributed by atoms with Crippen LogP contribution in [0.15, 0.2) is 24.5 Å². The number of piperidine rings is 2.